The molecule has 9 heteroatoms. The van der Waals surface area contributed by atoms with Gasteiger partial charge in [-0.2, -0.15) is 0 Å². The number of imide groups is 1. The summed E-state index contributed by atoms with van der Waals surface area (Å²) >= 11 is 0. The average Bonchev–Trinajstić information content (AvgIpc) is 3.26. The first-order valence-corrected chi connectivity index (χ1v) is 24.3. The number of hydrogen-bond donors (Lipinski definition) is 1. The molecule has 10 bridgehead atoms. The molecule has 1 aliphatic carbocycles. The second-order valence-electron chi connectivity index (χ2n) is 23.0. The molecule has 2 aromatic heterocycles. The Labute approximate surface area is 409 Å². The van der Waals surface area contributed by atoms with Crippen LogP contribution in [0.1, 0.15) is 161 Å². The molecule has 0 atom stereocenters. The van der Waals surface area contributed by atoms with Gasteiger partial charge in [0.2, 0.25) is 0 Å². The van der Waals surface area contributed by atoms with Gasteiger partial charge >= 0.3 is 0 Å². The fourth-order valence-corrected chi connectivity index (χ4v) is 9.12. The summed E-state index contributed by atoms with van der Waals surface area (Å²) in [6.45, 7) is 26.6. The molecule has 0 saturated carbocycles. The predicted molar refractivity (Wildman–Crippen MR) is 273 cm³/mol. The number of carbonyl (C=O) groups excluding carboxylic acids is 2. The van der Waals surface area contributed by atoms with E-state index >= 15 is 0 Å². The molecule has 360 valence electrons. The smallest absolute Gasteiger partial charge is 0.264 e. The number of fused-ring (bicyclic) bond motifs is 4. The normalized spacial score (nSPS) is 14.6. The molecule has 0 spiro atoms. The number of amides is 2. The van der Waals surface area contributed by atoms with E-state index in [2.05, 4.69) is 147 Å². The van der Waals surface area contributed by atoms with Crippen LogP contribution in [-0.4, -0.2) is 35.0 Å². The molecule has 0 radical (unpaired) electrons. The summed E-state index contributed by atoms with van der Waals surface area (Å²) in [7, 11) is 0. The van der Waals surface area contributed by atoms with Crippen molar-refractivity contribution in [3.63, 3.8) is 0 Å². The summed E-state index contributed by atoms with van der Waals surface area (Å²) < 4.78 is 27.6. The summed E-state index contributed by atoms with van der Waals surface area (Å²) in [5, 5.41) is 2.54. The third-order valence-electron chi connectivity index (χ3n) is 13.1. The van der Waals surface area contributed by atoms with Gasteiger partial charge in [-0.05, 0) is 113 Å². The number of aromatic nitrogens is 2. The minimum atomic E-state index is -0.545. The topological polar surface area (TPSA) is 109 Å². The Hall–Kier alpha value is -6.48. The van der Waals surface area contributed by atoms with Crippen LogP contribution in [0.25, 0.3) is 0 Å². The summed E-state index contributed by atoms with van der Waals surface area (Å²) in [4.78, 5) is 36.4. The van der Waals surface area contributed by atoms with Gasteiger partial charge in [0.15, 0.2) is 13.2 Å². The number of rotatable bonds is 6. The molecule has 4 aromatic carbocycles. The minimum Gasteiger partial charge on any atom is -0.487 e. The van der Waals surface area contributed by atoms with E-state index in [4.69, 9.17) is 18.9 Å². The standard InChI is InChI=1S/C60H69N3O6/c1-57(2,3)45-25-37-21-38-26-46(58(4,5)6)28-40(54(38)67-34-50-18-14-16-20-62-50)23-42-30-48(60(10,11)12)32-44-24-43-31-47(59(7,8)9)29-41(55(43)68-35-51(64)63-52(65)36-69-56(42)44)22-39(27-45)53(37)66-33-49-17-13-15-19-61-49/h13-20,25-32H,21-24,33-36H2,1-12H3,(H,63,64,65). The first-order valence-electron chi connectivity index (χ1n) is 24.3. The van der Waals surface area contributed by atoms with Gasteiger partial charge in [0.1, 0.15) is 36.2 Å². The van der Waals surface area contributed by atoms with Crippen LogP contribution >= 0.6 is 0 Å². The second kappa shape index (κ2) is 19.1. The molecule has 9 nitrogen and oxygen atoms in total. The van der Waals surface area contributed by atoms with E-state index in [1.165, 1.54) is 0 Å². The Kier molecular flexibility index (Phi) is 13.6. The number of nitrogens with one attached hydrogen (secondary N) is 1. The van der Waals surface area contributed by atoms with Crippen molar-refractivity contribution in [2.24, 2.45) is 0 Å². The Morgan fingerprint density at radius 2 is 0.739 bits per heavy atom. The highest BCUT2D eigenvalue weighted by Gasteiger charge is 2.30. The van der Waals surface area contributed by atoms with Crippen LogP contribution in [0.15, 0.2) is 97.3 Å². The molecule has 69 heavy (non-hydrogen) atoms. The van der Waals surface area contributed by atoms with E-state index in [0.29, 0.717) is 37.2 Å². The van der Waals surface area contributed by atoms with Crippen LogP contribution < -0.4 is 24.3 Å². The van der Waals surface area contributed by atoms with E-state index in [-0.39, 0.29) is 48.1 Å². The zero-order valence-electron chi connectivity index (χ0n) is 42.7. The molecule has 0 unspecified atom stereocenters. The lowest BCUT2D eigenvalue weighted by molar-refractivity contribution is -0.132. The molecule has 1 aliphatic heterocycles. The van der Waals surface area contributed by atoms with Crippen LogP contribution in [0.3, 0.4) is 0 Å². The van der Waals surface area contributed by atoms with E-state index in [0.717, 1.165) is 89.6 Å². The number of pyridine rings is 2. The highest BCUT2D eigenvalue weighted by Crippen LogP contribution is 2.45. The molecule has 6 aromatic rings. The number of carbonyl (C=O) groups is 2. The van der Waals surface area contributed by atoms with E-state index in [1.54, 1.807) is 12.4 Å². The van der Waals surface area contributed by atoms with Gasteiger partial charge in [-0.3, -0.25) is 24.9 Å². The molecule has 0 saturated heterocycles. The van der Waals surface area contributed by atoms with Crippen LogP contribution in [0, 0.1) is 0 Å². The van der Waals surface area contributed by atoms with Crippen molar-refractivity contribution in [1.29, 1.82) is 0 Å². The minimum absolute atomic E-state index is 0.236. The number of benzene rings is 4. The maximum absolute atomic E-state index is 13.6. The van der Waals surface area contributed by atoms with Crippen molar-refractivity contribution in [2.45, 2.75) is 144 Å². The number of nitrogens with zero attached hydrogens (tertiary/aromatic N) is 2. The molecular weight excluding hydrogens is 859 g/mol. The Morgan fingerprint density at radius 1 is 0.449 bits per heavy atom. The van der Waals surface area contributed by atoms with Gasteiger partial charge in [0.25, 0.3) is 11.8 Å². The Bertz CT molecular complexity index is 2680. The highest BCUT2D eigenvalue weighted by atomic mass is 16.5. The number of hydrogen-bond acceptors (Lipinski definition) is 8. The summed E-state index contributed by atoms with van der Waals surface area (Å²) in [6.07, 6.45) is 5.34. The van der Waals surface area contributed by atoms with Crippen LogP contribution in [0.2, 0.25) is 0 Å². The largest absolute Gasteiger partial charge is 0.487 e. The molecule has 8 rings (SSSR count). The first-order chi connectivity index (χ1) is 32.5. The van der Waals surface area contributed by atoms with Crippen molar-refractivity contribution in [1.82, 2.24) is 15.3 Å². The Morgan fingerprint density at radius 3 is 1.03 bits per heavy atom. The zero-order chi connectivity index (χ0) is 49.5. The maximum atomic E-state index is 13.6. The van der Waals surface area contributed by atoms with Crippen LogP contribution in [-0.2, 0) is 70.1 Å². The maximum Gasteiger partial charge on any atom is 0.264 e. The van der Waals surface area contributed by atoms with E-state index in [1.807, 2.05) is 36.4 Å². The Balaban J connectivity index is 1.50. The summed E-state index contributed by atoms with van der Waals surface area (Å²) in [5.74, 6) is 1.65. The second-order valence-corrected chi connectivity index (χ2v) is 23.0. The lowest BCUT2D eigenvalue weighted by Crippen LogP contribution is -2.38. The molecule has 1 N–H and O–H groups in total. The summed E-state index contributed by atoms with van der Waals surface area (Å²) in [5.41, 5.74) is 12.9. The molecule has 2 amide bonds. The zero-order valence-corrected chi connectivity index (χ0v) is 42.7. The van der Waals surface area contributed by atoms with Gasteiger partial charge in [-0.15, -0.1) is 0 Å². The number of ether oxygens (including phenoxy) is 4. The molecule has 3 heterocycles. The van der Waals surface area contributed by atoms with Crippen molar-refractivity contribution >= 4 is 11.8 Å². The van der Waals surface area contributed by atoms with Crippen LogP contribution in [0.4, 0.5) is 0 Å². The molecule has 2 aliphatic rings. The van der Waals surface area contributed by atoms with Crippen molar-refractivity contribution in [2.75, 3.05) is 13.2 Å². The van der Waals surface area contributed by atoms with Crippen molar-refractivity contribution in [3.8, 4) is 23.0 Å². The van der Waals surface area contributed by atoms with Crippen molar-refractivity contribution < 1.29 is 28.5 Å². The summed E-state index contributed by atoms with van der Waals surface area (Å²) in [6, 6.07) is 29.8. The predicted octanol–water partition coefficient (Wildman–Crippen LogP) is 11.9. The highest BCUT2D eigenvalue weighted by molar-refractivity contribution is 5.96. The van der Waals surface area contributed by atoms with E-state index < -0.39 is 11.8 Å². The third kappa shape index (κ3) is 11.5. The van der Waals surface area contributed by atoms with Gasteiger partial charge in [-0.1, -0.05) is 144 Å². The molecular formula is C60H69N3O6. The van der Waals surface area contributed by atoms with Gasteiger partial charge in [0.05, 0.1) is 11.4 Å². The van der Waals surface area contributed by atoms with Crippen LogP contribution in [0.5, 0.6) is 23.0 Å². The fourth-order valence-electron chi connectivity index (χ4n) is 9.12. The van der Waals surface area contributed by atoms with Crippen molar-refractivity contribution in [3.05, 3.63) is 175 Å². The fraction of sp³-hybridized carbons (Fsp3) is 0.400. The van der Waals surface area contributed by atoms with E-state index in [9.17, 15) is 9.59 Å². The first kappa shape index (κ1) is 49.0. The molecule has 0 fully saturated rings. The van der Waals surface area contributed by atoms with Gasteiger partial charge in [0, 0.05) is 38.1 Å². The van der Waals surface area contributed by atoms with Gasteiger partial charge < -0.3 is 18.9 Å². The third-order valence-corrected chi connectivity index (χ3v) is 13.1. The average molecular weight is 928 g/mol. The van der Waals surface area contributed by atoms with Gasteiger partial charge in [-0.25, -0.2) is 0 Å². The SMILES string of the molecule is CC(C)(C)c1cc2c3c(c1)Cc1cc(C(C)(C)C)cc(c1OCc1ccccn1)Cc1cc(C(C)(C)C)cc(c1OCc1ccccn1)Cc1cc(C(C)(C)C)cc(c1OCC(=O)NC(=O)CO3)C2. The quantitative estimate of drug-likeness (QED) is 0.164. The lowest BCUT2D eigenvalue weighted by Gasteiger charge is -2.29. The monoisotopic (exact) mass is 928 g/mol. The lowest BCUT2D eigenvalue weighted by atomic mass is 9.79.